The molecule has 0 aliphatic heterocycles. The summed E-state index contributed by atoms with van der Waals surface area (Å²) in [6, 6.07) is 0.602. The highest BCUT2D eigenvalue weighted by molar-refractivity contribution is 5.16. The number of rotatable bonds is 3. The number of hydrogen-bond acceptors (Lipinski definition) is 3. The highest BCUT2D eigenvalue weighted by atomic mass is 15.5. The van der Waals surface area contributed by atoms with Crippen molar-refractivity contribution in [2.75, 3.05) is 6.54 Å². The molecule has 0 spiro atoms. The highest BCUT2D eigenvalue weighted by Crippen LogP contribution is 2.52. The summed E-state index contributed by atoms with van der Waals surface area (Å²) in [5, 5.41) is 12.5. The molecule has 4 nitrogen and oxygen atoms in total. The molecule has 21 heavy (non-hydrogen) atoms. The Morgan fingerprint density at radius 3 is 2.48 bits per heavy atom. The molecule has 1 N–H and O–H groups in total. The topological polar surface area (TPSA) is 42.7 Å². The van der Waals surface area contributed by atoms with Crippen LogP contribution in [0.4, 0.5) is 0 Å². The summed E-state index contributed by atoms with van der Waals surface area (Å²) >= 11 is 0. The Labute approximate surface area is 128 Å². The Hall–Kier alpha value is -0.900. The maximum atomic E-state index is 4.47. The van der Waals surface area contributed by atoms with Crippen molar-refractivity contribution in [2.45, 2.75) is 71.9 Å². The van der Waals surface area contributed by atoms with Crippen molar-refractivity contribution in [1.82, 2.24) is 20.3 Å². The molecule has 0 saturated heterocycles. The summed E-state index contributed by atoms with van der Waals surface area (Å²) in [6.45, 7) is 12.3. The third kappa shape index (κ3) is 3.01. The van der Waals surface area contributed by atoms with Crippen LogP contribution in [0.3, 0.4) is 0 Å². The molecule has 1 fully saturated rings. The average Bonchev–Trinajstić information content (AvgIpc) is 2.83. The molecule has 0 bridgehead atoms. The zero-order chi connectivity index (χ0) is 15.2. The van der Waals surface area contributed by atoms with Crippen LogP contribution in [0.5, 0.6) is 0 Å². The first-order chi connectivity index (χ1) is 9.88. The second kappa shape index (κ2) is 5.38. The van der Waals surface area contributed by atoms with Crippen LogP contribution in [0.25, 0.3) is 0 Å². The Balaban J connectivity index is 1.68. The number of nitrogens with one attached hydrogen (secondary N) is 1. The van der Waals surface area contributed by atoms with E-state index in [-0.39, 0.29) is 5.54 Å². The van der Waals surface area contributed by atoms with Crippen molar-refractivity contribution in [1.29, 1.82) is 0 Å². The third-order valence-electron chi connectivity index (χ3n) is 5.18. The molecule has 4 heteroatoms. The van der Waals surface area contributed by atoms with Crippen LogP contribution in [-0.2, 0) is 18.4 Å². The third-order valence-corrected chi connectivity index (χ3v) is 5.18. The average molecular weight is 290 g/mol. The Morgan fingerprint density at radius 1 is 1.19 bits per heavy atom. The van der Waals surface area contributed by atoms with Crippen molar-refractivity contribution in [3.8, 4) is 0 Å². The Bertz CT molecular complexity index is 497. The van der Waals surface area contributed by atoms with Gasteiger partial charge in [-0.1, -0.05) is 19.1 Å². The lowest BCUT2D eigenvalue weighted by molar-refractivity contribution is 0.333. The fraction of sp³-hybridized carbons (Fsp3) is 0.882. The Morgan fingerprint density at radius 2 is 1.86 bits per heavy atom. The first kappa shape index (κ1) is 15.0. The molecule has 1 heterocycles. The van der Waals surface area contributed by atoms with Crippen molar-refractivity contribution < 1.29 is 0 Å². The van der Waals surface area contributed by atoms with Gasteiger partial charge in [0.25, 0.3) is 0 Å². The minimum absolute atomic E-state index is 0.0430. The molecular formula is C17H30N4. The lowest BCUT2D eigenvalue weighted by Gasteiger charge is -2.22. The summed E-state index contributed by atoms with van der Waals surface area (Å²) < 4.78 is 2.16. The number of nitrogens with zero attached hydrogens (tertiary/aromatic N) is 3. The molecule has 2 aliphatic rings. The molecule has 0 aromatic carbocycles. The van der Waals surface area contributed by atoms with Crippen molar-refractivity contribution in [3.05, 3.63) is 11.4 Å². The van der Waals surface area contributed by atoms with Gasteiger partial charge in [0, 0.05) is 6.04 Å². The van der Waals surface area contributed by atoms with Crippen LogP contribution in [0.1, 0.15) is 58.8 Å². The van der Waals surface area contributed by atoms with E-state index in [9.17, 15) is 0 Å². The van der Waals surface area contributed by atoms with E-state index in [0.717, 1.165) is 30.6 Å². The number of aromatic nitrogens is 3. The van der Waals surface area contributed by atoms with E-state index < -0.39 is 0 Å². The van der Waals surface area contributed by atoms with Crippen LogP contribution in [0.15, 0.2) is 0 Å². The van der Waals surface area contributed by atoms with Gasteiger partial charge in [0.15, 0.2) is 0 Å². The molecule has 0 amide bonds. The predicted octanol–water partition coefficient (Wildman–Crippen LogP) is 2.77. The standard InChI is InChI=1S/C17H30N4/c1-11(2)18-10-14-12-6-8-15-16(9-7-13(12)14)21(20-19-15)17(3,4)5/h11-14,18H,6-10H2,1-5H3/t12-,13+,14-/m0/s1. The van der Waals surface area contributed by atoms with Crippen molar-refractivity contribution in [2.24, 2.45) is 17.8 Å². The first-order valence-corrected chi connectivity index (χ1v) is 8.55. The van der Waals surface area contributed by atoms with Crippen LogP contribution < -0.4 is 5.32 Å². The van der Waals surface area contributed by atoms with Gasteiger partial charge in [-0.2, -0.15) is 0 Å². The van der Waals surface area contributed by atoms with Gasteiger partial charge in [-0.05, 0) is 70.8 Å². The second-order valence-corrected chi connectivity index (χ2v) is 8.20. The zero-order valence-electron chi connectivity index (χ0n) is 14.2. The molecule has 0 unspecified atom stereocenters. The molecule has 1 aromatic rings. The van der Waals surface area contributed by atoms with Gasteiger partial charge in [-0.15, -0.1) is 5.10 Å². The quantitative estimate of drug-likeness (QED) is 0.931. The molecule has 1 aromatic heterocycles. The smallest absolute Gasteiger partial charge is 0.0859 e. The van der Waals surface area contributed by atoms with Crippen molar-refractivity contribution in [3.63, 3.8) is 0 Å². The van der Waals surface area contributed by atoms with Gasteiger partial charge < -0.3 is 5.32 Å². The lowest BCUT2D eigenvalue weighted by atomic mass is 10.00. The minimum atomic E-state index is 0.0430. The van der Waals surface area contributed by atoms with E-state index in [1.54, 1.807) is 0 Å². The van der Waals surface area contributed by atoms with Gasteiger partial charge in [0.05, 0.1) is 16.9 Å². The highest BCUT2D eigenvalue weighted by Gasteiger charge is 2.49. The predicted molar refractivity (Wildman–Crippen MR) is 85.3 cm³/mol. The number of fused-ring (bicyclic) bond motifs is 2. The molecule has 0 radical (unpaired) electrons. The lowest BCUT2D eigenvalue weighted by Crippen LogP contribution is -2.26. The normalized spacial score (nSPS) is 28.8. The summed E-state index contributed by atoms with van der Waals surface area (Å²) in [7, 11) is 0. The molecule has 118 valence electrons. The summed E-state index contributed by atoms with van der Waals surface area (Å²) in [5.41, 5.74) is 2.69. The van der Waals surface area contributed by atoms with E-state index in [4.69, 9.17) is 0 Å². The SMILES string of the molecule is CC(C)NC[C@@H]1[C@@H]2CCc3c(nnn3C(C)(C)C)CC[C@@H]21. The monoisotopic (exact) mass is 290 g/mol. The molecular weight excluding hydrogens is 260 g/mol. The van der Waals surface area contributed by atoms with Gasteiger partial charge in [0.1, 0.15) is 0 Å². The fourth-order valence-corrected chi connectivity index (χ4v) is 3.98. The van der Waals surface area contributed by atoms with Crippen LogP contribution >= 0.6 is 0 Å². The first-order valence-electron chi connectivity index (χ1n) is 8.55. The molecule has 3 rings (SSSR count). The van der Waals surface area contributed by atoms with Crippen LogP contribution in [0, 0.1) is 17.8 Å². The van der Waals surface area contributed by atoms with E-state index in [1.165, 1.54) is 30.8 Å². The molecule has 2 aliphatic carbocycles. The van der Waals surface area contributed by atoms with Gasteiger partial charge in [-0.25, -0.2) is 4.68 Å². The zero-order valence-corrected chi connectivity index (χ0v) is 14.2. The van der Waals surface area contributed by atoms with E-state index in [2.05, 4.69) is 54.9 Å². The number of hydrogen-bond donors (Lipinski definition) is 1. The largest absolute Gasteiger partial charge is 0.314 e. The Kier molecular flexibility index (Phi) is 3.85. The minimum Gasteiger partial charge on any atom is -0.314 e. The van der Waals surface area contributed by atoms with Crippen molar-refractivity contribution >= 4 is 0 Å². The van der Waals surface area contributed by atoms with Crippen LogP contribution in [-0.4, -0.2) is 27.6 Å². The molecule has 1 saturated carbocycles. The van der Waals surface area contributed by atoms with Crippen LogP contribution in [0.2, 0.25) is 0 Å². The molecule has 3 atom stereocenters. The summed E-state index contributed by atoms with van der Waals surface area (Å²) in [6.07, 6.45) is 4.88. The number of aryl methyl sites for hydroxylation is 1. The second-order valence-electron chi connectivity index (χ2n) is 8.20. The maximum absolute atomic E-state index is 4.47. The van der Waals surface area contributed by atoms with Gasteiger partial charge in [0.2, 0.25) is 0 Å². The van der Waals surface area contributed by atoms with E-state index >= 15 is 0 Å². The fourth-order valence-electron chi connectivity index (χ4n) is 3.98. The van der Waals surface area contributed by atoms with Gasteiger partial charge >= 0.3 is 0 Å². The maximum Gasteiger partial charge on any atom is 0.0859 e. The van der Waals surface area contributed by atoms with Gasteiger partial charge in [-0.3, -0.25) is 0 Å². The van der Waals surface area contributed by atoms with E-state index in [1.807, 2.05) is 0 Å². The summed E-state index contributed by atoms with van der Waals surface area (Å²) in [4.78, 5) is 0. The van der Waals surface area contributed by atoms with E-state index in [0.29, 0.717) is 6.04 Å². The summed E-state index contributed by atoms with van der Waals surface area (Å²) in [5.74, 6) is 2.74.